The molecule has 31 heavy (non-hydrogen) atoms. The Kier molecular flexibility index (Phi) is 5.70. The van der Waals surface area contributed by atoms with Gasteiger partial charge in [-0.05, 0) is 29.0 Å². The first-order chi connectivity index (χ1) is 14.6. The van der Waals surface area contributed by atoms with Gasteiger partial charge in [0, 0.05) is 18.0 Å². The molecule has 0 aliphatic heterocycles. The Bertz CT molecular complexity index is 1160. The first-order valence-corrected chi connectivity index (χ1v) is 11.5. The molecule has 1 aliphatic carbocycles. The number of carbonyl (C=O) groups is 2. The summed E-state index contributed by atoms with van der Waals surface area (Å²) >= 11 is 13.6. The molecule has 1 unspecified atom stereocenters. The molecule has 0 bridgehead atoms. The van der Waals surface area contributed by atoms with Crippen LogP contribution in [0.3, 0.4) is 0 Å². The van der Waals surface area contributed by atoms with E-state index in [0.29, 0.717) is 27.0 Å². The van der Waals surface area contributed by atoms with Crippen LogP contribution in [0.1, 0.15) is 48.3 Å². The van der Waals surface area contributed by atoms with Crippen molar-refractivity contribution >= 4 is 56.8 Å². The quantitative estimate of drug-likeness (QED) is 0.388. The molecule has 9 heteroatoms. The third kappa shape index (κ3) is 4.14. The smallest absolute Gasteiger partial charge is 0.404 e. The molecule has 2 amide bonds. The van der Waals surface area contributed by atoms with E-state index >= 15 is 0 Å². The number of aromatic nitrogens is 1. The van der Waals surface area contributed by atoms with Gasteiger partial charge in [0.1, 0.15) is 10.0 Å². The highest BCUT2D eigenvalue weighted by atomic mass is 35.5. The van der Waals surface area contributed by atoms with Gasteiger partial charge in [-0.3, -0.25) is 4.79 Å². The minimum absolute atomic E-state index is 0.203. The molecule has 0 radical (unpaired) electrons. The van der Waals surface area contributed by atoms with E-state index in [1.807, 2.05) is 45.0 Å². The van der Waals surface area contributed by atoms with Gasteiger partial charge in [-0.15, -0.1) is 11.3 Å². The maximum atomic E-state index is 13.1. The fourth-order valence-corrected chi connectivity index (χ4v) is 5.93. The summed E-state index contributed by atoms with van der Waals surface area (Å²) in [5.41, 5.74) is 2.86. The van der Waals surface area contributed by atoms with E-state index in [1.165, 1.54) is 11.3 Å². The maximum Gasteiger partial charge on any atom is 0.404 e. The van der Waals surface area contributed by atoms with E-state index in [-0.39, 0.29) is 29.3 Å². The van der Waals surface area contributed by atoms with Crippen LogP contribution in [0.4, 0.5) is 4.79 Å². The number of carboxylic acid groups (broad SMARTS) is 1. The van der Waals surface area contributed by atoms with Crippen LogP contribution in [0.15, 0.2) is 30.3 Å². The molecular formula is C22H23Cl2N3O3S. The first kappa shape index (κ1) is 22.0. The highest BCUT2D eigenvalue weighted by Gasteiger charge is 2.44. The molecule has 0 fully saturated rings. The number of halogens is 2. The minimum atomic E-state index is -1.08. The molecule has 4 rings (SSSR count). The molecule has 2 aromatic heterocycles. The van der Waals surface area contributed by atoms with Gasteiger partial charge in [0.25, 0.3) is 5.91 Å². The van der Waals surface area contributed by atoms with Gasteiger partial charge >= 0.3 is 6.09 Å². The van der Waals surface area contributed by atoms with Gasteiger partial charge in [-0.1, -0.05) is 68.2 Å². The molecule has 0 spiro atoms. The van der Waals surface area contributed by atoms with Crippen LogP contribution < -0.4 is 10.6 Å². The molecule has 4 N–H and O–H groups in total. The summed E-state index contributed by atoms with van der Waals surface area (Å²) in [6.45, 7) is 5.99. The Morgan fingerprint density at radius 2 is 1.97 bits per heavy atom. The van der Waals surface area contributed by atoms with E-state index in [2.05, 4.69) is 15.6 Å². The van der Waals surface area contributed by atoms with Gasteiger partial charge < -0.3 is 20.7 Å². The van der Waals surface area contributed by atoms with E-state index in [0.717, 1.165) is 15.8 Å². The zero-order chi connectivity index (χ0) is 22.5. The molecule has 1 aromatic carbocycles. The van der Waals surface area contributed by atoms with Crippen molar-refractivity contribution in [3.05, 3.63) is 56.5 Å². The highest BCUT2D eigenvalue weighted by Crippen LogP contribution is 2.42. The predicted molar refractivity (Wildman–Crippen MR) is 125 cm³/mol. The lowest BCUT2D eigenvalue weighted by atomic mass is 9.75. The summed E-state index contributed by atoms with van der Waals surface area (Å²) in [6, 6.07) is 9.03. The summed E-state index contributed by atoms with van der Waals surface area (Å²) in [5, 5.41) is 15.7. The van der Waals surface area contributed by atoms with Crippen molar-refractivity contribution in [2.75, 3.05) is 0 Å². The second-order valence-electron chi connectivity index (χ2n) is 8.91. The van der Waals surface area contributed by atoms with Crippen LogP contribution in [0, 0.1) is 5.41 Å². The molecule has 0 saturated heterocycles. The van der Waals surface area contributed by atoms with Gasteiger partial charge in [0.05, 0.1) is 15.2 Å². The number of nitrogens with one attached hydrogen (secondary N) is 3. The SMILES string of the molecule is CC(C)(C)C(NC(=O)O)[C@@H]1c2ccccc2C[C@H]1NC(=O)c1cc2sc(Cl)c(Cl)c2[nH]1. The lowest BCUT2D eigenvalue weighted by Gasteiger charge is -2.38. The third-order valence-corrected chi connectivity index (χ3v) is 7.73. The number of hydrogen-bond acceptors (Lipinski definition) is 3. The Morgan fingerprint density at radius 3 is 2.61 bits per heavy atom. The molecular weight excluding hydrogens is 457 g/mol. The molecule has 3 atom stereocenters. The number of amides is 2. The maximum absolute atomic E-state index is 13.1. The van der Waals surface area contributed by atoms with E-state index in [9.17, 15) is 14.7 Å². The lowest BCUT2D eigenvalue weighted by molar-refractivity contribution is 0.0916. The topological polar surface area (TPSA) is 94.2 Å². The number of aromatic amines is 1. The summed E-state index contributed by atoms with van der Waals surface area (Å²) in [7, 11) is 0. The molecule has 6 nitrogen and oxygen atoms in total. The predicted octanol–water partition coefficient (Wildman–Crippen LogP) is 5.66. The summed E-state index contributed by atoms with van der Waals surface area (Å²) in [4.78, 5) is 27.7. The van der Waals surface area contributed by atoms with Crippen LogP contribution in [0.25, 0.3) is 10.2 Å². The molecule has 3 aromatic rings. The molecule has 2 heterocycles. The minimum Gasteiger partial charge on any atom is -0.465 e. The first-order valence-electron chi connectivity index (χ1n) is 9.91. The normalized spacial score (nSPS) is 19.3. The highest BCUT2D eigenvalue weighted by molar-refractivity contribution is 7.23. The van der Waals surface area contributed by atoms with Crippen molar-refractivity contribution in [3.8, 4) is 0 Å². The Labute approximate surface area is 193 Å². The van der Waals surface area contributed by atoms with E-state index in [4.69, 9.17) is 23.2 Å². The summed E-state index contributed by atoms with van der Waals surface area (Å²) in [6.07, 6.45) is -0.451. The molecule has 1 aliphatic rings. The average Bonchev–Trinajstić information content (AvgIpc) is 3.32. The van der Waals surface area contributed by atoms with Gasteiger partial charge in [0.2, 0.25) is 0 Å². The van der Waals surface area contributed by atoms with Crippen LogP contribution >= 0.6 is 34.5 Å². The second kappa shape index (κ2) is 8.04. The monoisotopic (exact) mass is 479 g/mol. The summed E-state index contributed by atoms with van der Waals surface area (Å²) < 4.78 is 1.29. The van der Waals surface area contributed by atoms with E-state index in [1.54, 1.807) is 6.07 Å². The van der Waals surface area contributed by atoms with E-state index < -0.39 is 6.09 Å². The lowest BCUT2D eigenvalue weighted by Crippen LogP contribution is -2.52. The summed E-state index contributed by atoms with van der Waals surface area (Å²) in [5.74, 6) is -0.466. The van der Waals surface area contributed by atoms with Crippen LogP contribution in [-0.2, 0) is 6.42 Å². The third-order valence-electron chi connectivity index (χ3n) is 5.79. The van der Waals surface area contributed by atoms with Crippen molar-refractivity contribution in [2.45, 2.75) is 45.2 Å². The molecule has 164 valence electrons. The Balaban J connectivity index is 1.66. The van der Waals surface area contributed by atoms with Crippen LogP contribution in [-0.4, -0.2) is 34.2 Å². The van der Waals surface area contributed by atoms with Crippen molar-refractivity contribution in [1.29, 1.82) is 0 Å². The van der Waals surface area contributed by atoms with Crippen molar-refractivity contribution in [1.82, 2.24) is 15.6 Å². The number of thiophene rings is 1. The zero-order valence-corrected chi connectivity index (χ0v) is 19.6. The number of benzene rings is 1. The van der Waals surface area contributed by atoms with Crippen molar-refractivity contribution < 1.29 is 14.7 Å². The fourth-order valence-electron chi connectivity index (χ4n) is 4.44. The number of rotatable bonds is 4. The largest absolute Gasteiger partial charge is 0.465 e. The number of fused-ring (bicyclic) bond motifs is 2. The Hall–Kier alpha value is -2.22. The zero-order valence-electron chi connectivity index (χ0n) is 17.3. The van der Waals surface area contributed by atoms with Crippen LogP contribution in [0.2, 0.25) is 9.36 Å². The standard InChI is InChI=1S/C22H23Cl2N3O3S/c1-22(2,3)18(27-21(29)30)15-11-7-5-4-6-10(11)8-12(15)26-20(28)13-9-14-17(25-13)16(23)19(24)31-14/h4-7,9,12,15,18,25,27H,8H2,1-3H3,(H,26,28)(H,29,30)/t12-,15-,18?/m1/s1. The fraction of sp³-hybridized carbons (Fsp3) is 0.364. The average molecular weight is 480 g/mol. The van der Waals surface area contributed by atoms with Gasteiger partial charge in [-0.2, -0.15) is 0 Å². The van der Waals surface area contributed by atoms with Gasteiger partial charge in [0.15, 0.2) is 0 Å². The Morgan fingerprint density at radius 1 is 1.26 bits per heavy atom. The second-order valence-corrected chi connectivity index (χ2v) is 10.9. The number of hydrogen-bond donors (Lipinski definition) is 4. The van der Waals surface area contributed by atoms with Crippen molar-refractivity contribution in [3.63, 3.8) is 0 Å². The van der Waals surface area contributed by atoms with Crippen molar-refractivity contribution in [2.24, 2.45) is 5.41 Å². The number of carbonyl (C=O) groups excluding carboxylic acids is 1. The van der Waals surface area contributed by atoms with Crippen LogP contribution in [0.5, 0.6) is 0 Å². The molecule has 0 saturated carbocycles. The van der Waals surface area contributed by atoms with Gasteiger partial charge in [-0.25, -0.2) is 4.79 Å². The number of H-pyrrole nitrogens is 1.